The van der Waals surface area contributed by atoms with Crippen LogP contribution < -0.4 is 9.64 Å². The van der Waals surface area contributed by atoms with Crippen molar-refractivity contribution in [1.82, 2.24) is 4.90 Å². The minimum absolute atomic E-state index is 0.00796. The number of ether oxygens (including phenoxy) is 1. The lowest BCUT2D eigenvalue weighted by molar-refractivity contribution is -0.384. The Labute approximate surface area is 162 Å². The molecule has 0 saturated carbocycles. The van der Waals surface area contributed by atoms with Gasteiger partial charge in [-0.2, -0.15) is 0 Å². The fourth-order valence-corrected chi connectivity index (χ4v) is 3.06. The van der Waals surface area contributed by atoms with E-state index in [1.165, 1.54) is 29.2 Å². The quantitative estimate of drug-likeness (QED) is 0.541. The number of likely N-dealkylation sites (tertiary alicyclic amines) is 1. The number of carbonyl (C=O) groups excluding carboxylic acids is 2. The Morgan fingerprint density at radius 1 is 1.18 bits per heavy atom. The molecule has 1 aliphatic heterocycles. The Bertz CT molecular complexity index is 864. The molecule has 1 fully saturated rings. The predicted molar refractivity (Wildman–Crippen MR) is 103 cm³/mol. The summed E-state index contributed by atoms with van der Waals surface area (Å²) in [6, 6.07) is 12.5. The molecule has 2 aromatic carbocycles. The lowest BCUT2D eigenvalue weighted by Crippen LogP contribution is -2.42. The number of nitro groups is 1. The molecule has 2 amide bonds. The summed E-state index contributed by atoms with van der Waals surface area (Å²) in [5.74, 6) is 0.360. The molecular formula is C20H21N3O5. The average molecular weight is 383 g/mol. The number of amides is 2. The van der Waals surface area contributed by atoms with Crippen molar-refractivity contribution in [2.24, 2.45) is 0 Å². The number of carbonyl (C=O) groups is 2. The highest BCUT2D eigenvalue weighted by Gasteiger charge is 2.26. The van der Waals surface area contributed by atoms with E-state index in [1.807, 2.05) is 6.92 Å². The second kappa shape index (κ2) is 8.51. The van der Waals surface area contributed by atoms with Gasteiger partial charge >= 0.3 is 0 Å². The second-order valence-electron chi connectivity index (χ2n) is 6.37. The third-order valence-corrected chi connectivity index (χ3v) is 4.51. The first-order chi connectivity index (χ1) is 13.5. The molecule has 0 bridgehead atoms. The van der Waals surface area contributed by atoms with Crippen LogP contribution in [0.4, 0.5) is 11.4 Å². The second-order valence-corrected chi connectivity index (χ2v) is 6.37. The Kier molecular flexibility index (Phi) is 5.88. The van der Waals surface area contributed by atoms with Crippen molar-refractivity contribution in [3.63, 3.8) is 0 Å². The Morgan fingerprint density at radius 3 is 2.39 bits per heavy atom. The van der Waals surface area contributed by atoms with Crippen LogP contribution in [0.5, 0.6) is 5.75 Å². The van der Waals surface area contributed by atoms with Gasteiger partial charge in [0.15, 0.2) is 0 Å². The SMILES string of the molecule is CCOc1ccc(C(=O)N(CN2CCCC2=O)c2ccc([N+](=O)[O-])cc2)cc1. The molecule has 0 radical (unpaired) electrons. The van der Waals surface area contributed by atoms with E-state index in [-0.39, 0.29) is 24.2 Å². The Balaban J connectivity index is 1.89. The standard InChI is InChI=1S/C20H21N3O5/c1-2-28-18-11-5-15(6-12-18)20(25)22(14-21-13-3-4-19(21)24)16-7-9-17(10-8-16)23(26)27/h5-12H,2-4,13-14H2,1H3. The molecule has 1 saturated heterocycles. The molecule has 8 nitrogen and oxygen atoms in total. The van der Waals surface area contributed by atoms with Gasteiger partial charge < -0.3 is 9.64 Å². The number of hydrogen-bond acceptors (Lipinski definition) is 5. The minimum Gasteiger partial charge on any atom is -0.494 e. The lowest BCUT2D eigenvalue weighted by Gasteiger charge is -2.28. The number of nitro benzene ring substituents is 1. The van der Waals surface area contributed by atoms with E-state index in [9.17, 15) is 19.7 Å². The van der Waals surface area contributed by atoms with E-state index < -0.39 is 4.92 Å². The van der Waals surface area contributed by atoms with Crippen LogP contribution in [0.3, 0.4) is 0 Å². The highest BCUT2D eigenvalue weighted by atomic mass is 16.6. The molecule has 3 rings (SSSR count). The topological polar surface area (TPSA) is 93.0 Å². The van der Waals surface area contributed by atoms with E-state index >= 15 is 0 Å². The van der Waals surface area contributed by atoms with Crippen LogP contribution in [0.1, 0.15) is 30.1 Å². The largest absolute Gasteiger partial charge is 0.494 e. The van der Waals surface area contributed by atoms with Crippen LogP contribution in [0, 0.1) is 10.1 Å². The maximum absolute atomic E-state index is 13.1. The molecule has 2 aromatic rings. The van der Waals surface area contributed by atoms with Crippen molar-refractivity contribution in [3.05, 3.63) is 64.2 Å². The summed E-state index contributed by atoms with van der Waals surface area (Å²) >= 11 is 0. The number of hydrogen-bond donors (Lipinski definition) is 0. The van der Waals surface area contributed by atoms with Gasteiger partial charge in [-0.1, -0.05) is 0 Å². The smallest absolute Gasteiger partial charge is 0.269 e. The van der Waals surface area contributed by atoms with E-state index in [1.54, 1.807) is 29.2 Å². The number of anilines is 1. The number of benzene rings is 2. The van der Waals surface area contributed by atoms with Gasteiger partial charge in [0.05, 0.1) is 11.5 Å². The van der Waals surface area contributed by atoms with Crippen molar-refractivity contribution in [2.75, 3.05) is 24.7 Å². The number of nitrogens with zero attached hydrogens (tertiary/aromatic N) is 3. The van der Waals surface area contributed by atoms with Gasteiger partial charge in [-0.25, -0.2) is 0 Å². The summed E-state index contributed by atoms with van der Waals surface area (Å²) in [6.45, 7) is 3.09. The monoisotopic (exact) mass is 383 g/mol. The zero-order valence-corrected chi connectivity index (χ0v) is 15.5. The maximum atomic E-state index is 13.1. The molecule has 28 heavy (non-hydrogen) atoms. The molecule has 0 aromatic heterocycles. The third kappa shape index (κ3) is 4.28. The van der Waals surface area contributed by atoms with Gasteiger partial charge in [-0.05, 0) is 49.7 Å². The molecule has 146 valence electrons. The van der Waals surface area contributed by atoms with Crippen molar-refractivity contribution >= 4 is 23.2 Å². The first-order valence-electron chi connectivity index (χ1n) is 9.06. The summed E-state index contributed by atoms with van der Waals surface area (Å²) in [4.78, 5) is 38.7. The van der Waals surface area contributed by atoms with Gasteiger partial charge in [-0.3, -0.25) is 24.6 Å². The Morgan fingerprint density at radius 2 is 1.86 bits per heavy atom. The Hall–Kier alpha value is -3.42. The molecule has 0 atom stereocenters. The summed E-state index contributed by atoms with van der Waals surface area (Å²) in [7, 11) is 0. The predicted octanol–water partition coefficient (Wildman–Crippen LogP) is 3.22. The summed E-state index contributed by atoms with van der Waals surface area (Å²) in [6.07, 6.45) is 1.22. The first-order valence-corrected chi connectivity index (χ1v) is 9.06. The zero-order valence-electron chi connectivity index (χ0n) is 15.5. The minimum atomic E-state index is -0.494. The fourth-order valence-electron chi connectivity index (χ4n) is 3.06. The van der Waals surface area contributed by atoms with Gasteiger partial charge in [0.2, 0.25) is 5.91 Å². The molecule has 0 unspecified atom stereocenters. The van der Waals surface area contributed by atoms with E-state index in [0.717, 1.165) is 6.42 Å². The third-order valence-electron chi connectivity index (χ3n) is 4.51. The summed E-state index contributed by atoms with van der Waals surface area (Å²) in [5, 5.41) is 10.9. The molecule has 0 spiro atoms. The molecule has 8 heteroatoms. The van der Waals surface area contributed by atoms with Crippen LogP contribution in [0.2, 0.25) is 0 Å². The van der Waals surface area contributed by atoms with E-state index in [0.29, 0.717) is 36.6 Å². The highest BCUT2D eigenvalue weighted by Crippen LogP contribution is 2.24. The van der Waals surface area contributed by atoms with Crippen LogP contribution in [-0.2, 0) is 4.79 Å². The average Bonchev–Trinajstić information content (AvgIpc) is 3.11. The molecule has 1 heterocycles. The highest BCUT2D eigenvalue weighted by molar-refractivity contribution is 6.06. The molecule has 0 N–H and O–H groups in total. The normalized spacial score (nSPS) is 13.5. The molecule has 1 aliphatic rings. The van der Waals surface area contributed by atoms with Gasteiger partial charge in [-0.15, -0.1) is 0 Å². The van der Waals surface area contributed by atoms with Crippen molar-refractivity contribution in [3.8, 4) is 5.75 Å². The van der Waals surface area contributed by atoms with Crippen LogP contribution in [0.25, 0.3) is 0 Å². The van der Waals surface area contributed by atoms with Gasteiger partial charge in [0.25, 0.3) is 11.6 Å². The molecule has 0 aliphatic carbocycles. The number of non-ortho nitro benzene ring substituents is 1. The van der Waals surface area contributed by atoms with Crippen LogP contribution in [-0.4, -0.2) is 41.5 Å². The zero-order chi connectivity index (χ0) is 20.1. The van der Waals surface area contributed by atoms with Crippen molar-refractivity contribution in [1.29, 1.82) is 0 Å². The first kappa shape index (κ1) is 19.3. The summed E-state index contributed by atoms with van der Waals surface area (Å²) in [5.41, 5.74) is 0.868. The van der Waals surface area contributed by atoms with Crippen molar-refractivity contribution in [2.45, 2.75) is 19.8 Å². The number of rotatable bonds is 7. The van der Waals surface area contributed by atoms with Gasteiger partial charge in [0.1, 0.15) is 12.4 Å². The van der Waals surface area contributed by atoms with Crippen LogP contribution in [0.15, 0.2) is 48.5 Å². The van der Waals surface area contributed by atoms with Crippen molar-refractivity contribution < 1.29 is 19.2 Å². The molecular weight excluding hydrogens is 362 g/mol. The maximum Gasteiger partial charge on any atom is 0.269 e. The van der Waals surface area contributed by atoms with Crippen LogP contribution >= 0.6 is 0 Å². The summed E-state index contributed by atoms with van der Waals surface area (Å²) < 4.78 is 5.40. The fraction of sp³-hybridized carbons (Fsp3) is 0.300. The van der Waals surface area contributed by atoms with E-state index in [4.69, 9.17) is 4.74 Å². The lowest BCUT2D eigenvalue weighted by atomic mass is 10.1. The van der Waals surface area contributed by atoms with E-state index in [2.05, 4.69) is 0 Å². The van der Waals surface area contributed by atoms with Gasteiger partial charge in [0, 0.05) is 36.3 Å².